The number of rotatable bonds is 5. The van der Waals surface area contributed by atoms with E-state index in [9.17, 15) is 9.59 Å². The van der Waals surface area contributed by atoms with Crippen molar-refractivity contribution in [3.8, 4) is 0 Å². The van der Waals surface area contributed by atoms with Crippen LogP contribution in [0.25, 0.3) is 0 Å². The highest BCUT2D eigenvalue weighted by molar-refractivity contribution is 7.98. The Hall–Kier alpha value is -1.56. The lowest BCUT2D eigenvalue weighted by Crippen LogP contribution is -2.14. The quantitative estimate of drug-likeness (QED) is 0.639. The molecule has 17 heavy (non-hydrogen) atoms. The van der Waals surface area contributed by atoms with Crippen LogP contribution in [-0.2, 0) is 14.3 Å². The van der Waals surface area contributed by atoms with Gasteiger partial charge in [-0.05, 0) is 18.4 Å². The molecule has 1 rings (SSSR count). The molecule has 0 aliphatic rings. The Balaban J connectivity index is 2.42. The van der Waals surface area contributed by atoms with Crippen molar-refractivity contribution < 1.29 is 14.3 Å². The smallest absolute Gasteiger partial charge is 0.306 e. The van der Waals surface area contributed by atoms with Crippen molar-refractivity contribution in [2.45, 2.75) is 17.7 Å². The van der Waals surface area contributed by atoms with Gasteiger partial charge in [0.15, 0.2) is 0 Å². The Morgan fingerprint density at radius 1 is 1.41 bits per heavy atom. The average Bonchev–Trinajstić information content (AvgIpc) is 2.36. The number of carbonyl (C=O) groups excluding carboxylic acids is 2. The first-order chi connectivity index (χ1) is 8.15. The van der Waals surface area contributed by atoms with E-state index in [1.165, 1.54) is 7.11 Å². The minimum atomic E-state index is -0.397. The molecule has 1 aromatic heterocycles. The summed E-state index contributed by atoms with van der Waals surface area (Å²) in [4.78, 5) is 27.3. The van der Waals surface area contributed by atoms with Gasteiger partial charge < -0.3 is 10.1 Å². The largest absolute Gasteiger partial charge is 0.469 e. The summed E-state index contributed by atoms with van der Waals surface area (Å²) < 4.78 is 4.44. The molecule has 1 amide bonds. The summed E-state index contributed by atoms with van der Waals surface area (Å²) in [7, 11) is 1.29. The van der Waals surface area contributed by atoms with E-state index in [1.54, 1.807) is 24.0 Å². The molecule has 0 unspecified atom stereocenters. The molecular formula is C11H14N2O3S. The van der Waals surface area contributed by atoms with Gasteiger partial charge in [-0.1, -0.05) is 0 Å². The van der Waals surface area contributed by atoms with E-state index in [0.29, 0.717) is 5.82 Å². The summed E-state index contributed by atoms with van der Waals surface area (Å²) in [5.74, 6) is -0.164. The number of thioether (sulfide) groups is 1. The van der Waals surface area contributed by atoms with Gasteiger partial charge in [0.1, 0.15) is 5.82 Å². The highest BCUT2D eigenvalue weighted by atomic mass is 32.2. The van der Waals surface area contributed by atoms with Gasteiger partial charge in [0.25, 0.3) is 0 Å². The van der Waals surface area contributed by atoms with Crippen LogP contribution in [0.4, 0.5) is 5.82 Å². The number of hydrogen-bond donors (Lipinski definition) is 1. The number of amides is 1. The number of nitrogens with zero attached hydrogens (tertiary/aromatic N) is 1. The van der Waals surface area contributed by atoms with Crippen LogP contribution < -0.4 is 5.32 Å². The molecule has 0 saturated heterocycles. The first kappa shape index (κ1) is 13.5. The van der Waals surface area contributed by atoms with Crippen molar-refractivity contribution in [3.05, 3.63) is 18.3 Å². The van der Waals surface area contributed by atoms with Gasteiger partial charge in [-0.15, -0.1) is 11.8 Å². The number of hydrogen-bond acceptors (Lipinski definition) is 5. The second-order valence-electron chi connectivity index (χ2n) is 3.21. The minimum Gasteiger partial charge on any atom is -0.469 e. The van der Waals surface area contributed by atoms with Crippen molar-refractivity contribution >= 4 is 29.5 Å². The topological polar surface area (TPSA) is 68.3 Å². The predicted octanol–water partition coefficient (Wildman–Crippen LogP) is 1.70. The maximum Gasteiger partial charge on any atom is 0.306 e. The van der Waals surface area contributed by atoms with E-state index >= 15 is 0 Å². The third-order valence-electron chi connectivity index (χ3n) is 2.02. The second-order valence-corrected chi connectivity index (χ2v) is 4.09. The molecule has 0 aromatic carbocycles. The fraction of sp³-hybridized carbons (Fsp3) is 0.364. The molecule has 1 aromatic rings. The average molecular weight is 254 g/mol. The van der Waals surface area contributed by atoms with Crippen LogP contribution in [0.3, 0.4) is 0 Å². The van der Waals surface area contributed by atoms with Gasteiger partial charge in [-0.25, -0.2) is 4.98 Å². The zero-order valence-corrected chi connectivity index (χ0v) is 10.5. The van der Waals surface area contributed by atoms with Crippen LogP contribution >= 0.6 is 11.8 Å². The molecule has 0 spiro atoms. The van der Waals surface area contributed by atoms with Crippen LogP contribution in [-0.4, -0.2) is 30.2 Å². The Kier molecular flexibility index (Phi) is 5.48. The fourth-order valence-electron chi connectivity index (χ4n) is 1.10. The summed E-state index contributed by atoms with van der Waals surface area (Å²) >= 11 is 1.58. The van der Waals surface area contributed by atoms with Crippen molar-refractivity contribution in [1.82, 2.24) is 4.98 Å². The maximum atomic E-state index is 11.4. The maximum absolute atomic E-state index is 11.4. The first-order valence-corrected chi connectivity index (χ1v) is 6.25. The molecule has 0 radical (unpaired) electrons. The molecule has 0 aliphatic heterocycles. The highest BCUT2D eigenvalue weighted by Crippen LogP contribution is 2.14. The summed E-state index contributed by atoms with van der Waals surface area (Å²) in [6, 6.07) is 3.59. The summed E-state index contributed by atoms with van der Waals surface area (Å²) in [5.41, 5.74) is 0. The van der Waals surface area contributed by atoms with Gasteiger partial charge in [0, 0.05) is 17.5 Å². The van der Waals surface area contributed by atoms with E-state index in [4.69, 9.17) is 0 Å². The second kappa shape index (κ2) is 6.90. The van der Waals surface area contributed by atoms with Gasteiger partial charge in [0.2, 0.25) is 5.91 Å². The van der Waals surface area contributed by atoms with Crippen molar-refractivity contribution in [3.63, 3.8) is 0 Å². The van der Waals surface area contributed by atoms with Crippen LogP contribution in [0, 0.1) is 0 Å². The number of carbonyl (C=O) groups is 2. The summed E-state index contributed by atoms with van der Waals surface area (Å²) in [5, 5.41) is 2.61. The number of methoxy groups -OCH3 is 1. The van der Waals surface area contributed by atoms with Crippen molar-refractivity contribution in [1.29, 1.82) is 0 Å². The van der Waals surface area contributed by atoms with Crippen LogP contribution in [0.2, 0.25) is 0 Å². The number of pyridine rings is 1. The number of esters is 1. The lowest BCUT2D eigenvalue weighted by molar-refractivity contribution is -0.141. The normalized spacial score (nSPS) is 9.76. The lowest BCUT2D eigenvalue weighted by Gasteiger charge is -2.04. The van der Waals surface area contributed by atoms with Crippen LogP contribution in [0.1, 0.15) is 12.8 Å². The zero-order valence-electron chi connectivity index (χ0n) is 9.73. The molecule has 6 heteroatoms. The SMILES string of the molecule is COC(=O)CCC(=O)Nc1ccc(SC)cn1. The van der Waals surface area contributed by atoms with E-state index in [2.05, 4.69) is 15.0 Å². The molecule has 5 nitrogen and oxygen atoms in total. The third kappa shape index (κ3) is 4.86. The molecule has 0 bridgehead atoms. The van der Waals surface area contributed by atoms with Crippen molar-refractivity contribution in [2.24, 2.45) is 0 Å². The van der Waals surface area contributed by atoms with E-state index in [0.717, 1.165) is 4.90 Å². The lowest BCUT2D eigenvalue weighted by atomic mass is 10.3. The molecule has 1 heterocycles. The molecular weight excluding hydrogens is 240 g/mol. The molecule has 92 valence electrons. The highest BCUT2D eigenvalue weighted by Gasteiger charge is 2.07. The Labute approximate surface area is 104 Å². The minimum absolute atomic E-state index is 0.0746. The van der Waals surface area contributed by atoms with Crippen LogP contribution in [0.5, 0.6) is 0 Å². The standard InChI is InChI=1S/C11H14N2O3S/c1-16-11(15)6-5-10(14)13-9-4-3-8(17-2)7-12-9/h3-4,7H,5-6H2,1-2H3,(H,12,13,14). The van der Waals surface area contributed by atoms with Crippen LogP contribution in [0.15, 0.2) is 23.2 Å². The molecule has 0 saturated carbocycles. The van der Waals surface area contributed by atoms with Gasteiger partial charge in [-0.2, -0.15) is 0 Å². The van der Waals surface area contributed by atoms with Gasteiger partial charge in [-0.3, -0.25) is 9.59 Å². The molecule has 1 N–H and O–H groups in total. The zero-order chi connectivity index (χ0) is 12.7. The third-order valence-corrected chi connectivity index (χ3v) is 2.74. The number of anilines is 1. The number of ether oxygens (including phenoxy) is 1. The Morgan fingerprint density at radius 2 is 2.18 bits per heavy atom. The van der Waals surface area contributed by atoms with Crippen molar-refractivity contribution in [2.75, 3.05) is 18.7 Å². The van der Waals surface area contributed by atoms with E-state index in [1.807, 2.05) is 12.3 Å². The number of nitrogens with one attached hydrogen (secondary N) is 1. The van der Waals surface area contributed by atoms with E-state index in [-0.39, 0.29) is 18.7 Å². The van der Waals surface area contributed by atoms with Gasteiger partial charge >= 0.3 is 5.97 Å². The Morgan fingerprint density at radius 3 is 2.71 bits per heavy atom. The molecule has 0 aliphatic carbocycles. The molecule has 0 fully saturated rings. The fourth-order valence-corrected chi connectivity index (χ4v) is 1.46. The predicted molar refractivity (Wildman–Crippen MR) is 65.9 cm³/mol. The Bertz CT molecular complexity index is 392. The summed E-state index contributed by atoms with van der Waals surface area (Å²) in [6.45, 7) is 0. The monoisotopic (exact) mass is 254 g/mol. The van der Waals surface area contributed by atoms with Gasteiger partial charge in [0.05, 0.1) is 13.5 Å². The summed E-state index contributed by atoms with van der Waals surface area (Å²) in [6.07, 6.45) is 3.80. The molecule has 0 atom stereocenters. The first-order valence-electron chi connectivity index (χ1n) is 5.02. The van der Waals surface area contributed by atoms with E-state index < -0.39 is 5.97 Å². The number of aromatic nitrogens is 1.